The van der Waals surface area contributed by atoms with Crippen molar-refractivity contribution in [2.24, 2.45) is 5.92 Å². The number of nitrogens with zero attached hydrogens (tertiary/aromatic N) is 1. The number of hydrogen-bond donors (Lipinski definition) is 1. The van der Waals surface area contributed by atoms with Gasteiger partial charge in [-0.05, 0) is 61.1 Å². The molecular formula is C24H29FN2O2. The van der Waals surface area contributed by atoms with Crippen LogP contribution in [-0.2, 0) is 4.79 Å². The van der Waals surface area contributed by atoms with Gasteiger partial charge < -0.3 is 10.2 Å². The zero-order chi connectivity index (χ0) is 21.0. The summed E-state index contributed by atoms with van der Waals surface area (Å²) in [4.78, 5) is 27.2. The van der Waals surface area contributed by atoms with Crippen LogP contribution in [0.4, 0.5) is 4.39 Å². The number of likely N-dealkylation sites (tertiary alicyclic amines) is 1. The van der Waals surface area contributed by atoms with E-state index in [1.807, 2.05) is 6.92 Å². The van der Waals surface area contributed by atoms with Crippen molar-refractivity contribution in [2.75, 3.05) is 13.1 Å². The van der Waals surface area contributed by atoms with Gasteiger partial charge in [-0.25, -0.2) is 4.39 Å². The van der Waals surface area contributed by atoms with Crippen LogP contribution in [-0.4, -0.2) is 29.8 Å². The molecule has 1 heterocycles. The Morgan fingerprint density at radius 3 is 2.24 bits per heavy atom. The minimum Gasteiger partial charge on any atom is -0.349 e. The first-order valence-electron chi connectivity index (χ1n) is 10.3. The molecule has 0 radical (unpaired) electrons. The highest BCUT2D eigenvalue weighted by Gasteiger charge is 2.29. The zero-order valence-corrected chi connectivity index (χ0v) is 17.3. The first kappa shape index (κ1) is 21.0. The molecular weight excluding hydrogens is 367 g/mol. The Labute approximate surface area is 172 Å². The standard InChI is InChI=1S/C24H29FN2O2/c1-16(2)18-6-8-19(9-7-18)17(3)26-23(28)21-5-4-14-27(15-21)24(29)20-10-12-22(25)13-11-20/h6-13,16-17,21H,4-5,14-15H2,1-3H3,(H,26,28). The fourth-order valence-corrected chi connectivity index (χ4v) is 3.73. The number of carbonyl (C=O) groups is 2. The quantitative estimate of drug-likeness (QED) is 0.798. The number of halogens is 1. The summed E-state index contributed by atoms with van der Waals surface area (Å²) in [7, 11) is 0. The van der Waals surface area contributed by atoms with Crippen molar-refractivity contribution in [1.29, 1.82) is 0 Å². The molecule has 2 aromatic carbocycles. The maximum Gasteiger partial charge on any atom is 0.253 e. The molecule has 154 valence electrons. The van der Waals surface area contributed by atoms with Crippen LogP contribution < -0.4 is 5.32 Å². The van der Waals surface area contributed by atoms with Crippen LogP contribution in [0.2, 0.25) is 0 Å². The van der Waals surface area contributed by atoms with Gasteiger partial charge in [-0.15, -0.1) is 0 Å². The van der Waals surface area contributed by atoms with Gasteiger partial charge >= 0.3 is 0 Å². The highest BCUT2D eigenvalue weighted by molar-refractivity contribution is 5.94. The Morgan fingerprint density at radius 1 is 1.00 bits per heavy atom. The molecule has 0 aromatic heterocycles. The molecule has 2 aromatic rings. The van der Waals surface area contributed by atoms with Crippen LogP contribution in [0.5, 0.6) is 0 Å². The molecule has 1 fully saturated rings. The van der Waals surface area contributed by atoms with E-state index in [-0.39, 0.29) is 29.6 Å². The molecule has 1 aliphatic heterocycles. The zero-order valence-electron chi connectivity index (χ0n) is 17.3. The second-order valence-corrected chi connectivity index (χ2v) is 8.15. The third kappa shape index (κ3) is 5.22. The summed E-state index contributed by atoms with van der Waals surface area (Å²) in [6.45, 7) is 7.30. The van der Waals surface area contributed by atoms with E-state index >= 15 is 0 Å². The number of amides is 2. The molecule has 3 rings (SSSR count). The van der Waals surface area contributed by atoms with Gasteiger partial charge in [-0.3, -0.25) is 9.59 Å². The SMILES string of the molecule is CC(C)c1ccc(C(C)NC(=O)C2CCCN(C(=O)c3ccc(F)cc3)C2)cc1. The fourth-order valence-electron chi connectivity index (χ4n) is 3.73. The van der Waals surface area contributed by atoms with E-state index in [4.69, 9.17) is 0 Å². The molecule has 2 amide bonds. The van der Waals surface area contributed by atoms with Crippen molar-refractivity contribution < 1.29 is 14.0 Å². The first-order chi connectivity index (χ1) is 13.8. The number of piperidine rings is 1. The summed E-state index contributed by atoms with van der Waals surface area (Å²) < 4.78 is 13.1. The van der Waals surface area contributed by atoms with Crippen LogP contribution >= 0.6 is 0 Å². The Bertz CT molecular complexity index is 846. The van der Waals surface area contributed by atoms with Gasteiger partial charge in [0.15, 0.2) is 0 Å². The Kier molecular flexibility index (Phi) is 6.68. The van der Waals surface area contributed by atoms with Gasteiger partial charge in [0, 0.05) is 18.7 Å². The molecule has 0 spiro atoms. The van der Waals surface area contributed by atoms with Gasteiger partial charge in [0.1, 0.15) is 5.82 Å². The lowest BCUT2D eigenvalue weighted by Gasteiger charge is -2.32. The van der Waals surface area contributed by atoms with E-state index in [1.165, 1.54) is 29.8 Å². The lowest BCUT2D eigenvalue weighted by atomic mass is 9.95. The number of nitrogens with one attached hydrogen (secondary N) is 1. The van der Waals surface area contributed by atoms with Crippen LogP contribution in [0.3, 0.4) is 0 Å². The molecule has 1 N–H and O–H groups in total. The van der Waals surface area contributed by atoms with E-state index in [0.29, 0.717) is 24.6 Å². The van der Waals surface area contributed by atoms with Crippen LogP contribution in [0.25, 0.3) is 0 Å². The molecule has 1 aliphatic rings. The lowest BCUT2D eigenvalue weighted by Crippen LogP contribution is -2.45. The van der Waals surface area contributed by atoms with E-state index in [0.717, 1.165) is 18.4 Å². The maximum atomic E-state index is 13.1. The van der Waals surface area contributed by atoms with Crippen LogP contribution in [0, 0.1) is 11.7 Å². The molecule has 1 saturated heterocycles. The summed E-state index contributed by atoms with van der Waals surface area (Å²) in [6, 6.07) is 13.8. The molecule has 5 heteroatoms. The summed E-state index contributed by atoms with van der Waals surface area (Å²) in [5, 5.41) is 3.09. The first-order valence-corrected chi connectivity index (χ1v) is 10.3. The minimum absolute atomic E-state index is 0.0259. The Balaban J connectivity index is 1.60. The monoisotopic (exact) mass is 396 g/mol. The van der Waals surface area contributed by atoms with E-state index in [1.54, 1.807) is 4.90 Å². The van der Waals surface area contributed by atoms with Crippen LogP contribution in [0.1, 0.15) is 67.1 Å². The predicted octanol–water partition coefficient (Wildman–Crippen LogP) is 4.68. The third-order valence-electron chi connectivity index (χ3n) is 5.63. The maximum absolute atomic E-state index is 13.1. The minimum atomic E-state index is -0.368. The molecule has 29 heavy (non-hydrogen) atoms. The third-order valence-corrected chi connectivity index (χ3v) is 5.63. The number of carbonyl (C=O) groups excluding carboxylic acids is 2. The van der Waals surface area contributed by atoms with E-state index in [9.17, 15) is 14.0 Å². The van der Waals surface area contributed by atoms with Crippen molar-refractivity contribution in [3.63, 3.8) is 0 Å². The molecule has 0 bridgehead atoms. The molecule has 4 nitrogen and oxygen atoms in total. The van der Waals surface area contributed by atoms with Crippen molar-refractivity contribution in [3.05, 3.63) is 71.0 Å². The van der Waals surface area contributed by atoms with Crippen molar-refractivity contribution in [2.45, 2.75) is 45.6 Å². The second-order valence-electron chi connectivity index (χ2n) is 8.15. The smallest absolute Gasteiger partial charge is 0.253 e. The van der Waals surface area contributed by atoms with Crippen molar-refractivity contribution >= 4 is 11.8 Å². The van der Waals surface area contributed by atoms with Crippen molar-refractivity contribution in [1.82, 2.24) is 10.2 Å². The average molecular weight is 397 g/mol. The fraction of sp³-hybridized carbons (Fsp3) is 0.417. The number of rotatable bonds is 5. The van der Waals surface area contributed by atoms with Gasteiger partial charge in [0.25, 0.3) is 5.91 Å². The molecule has 2 atom stereocenters. The normalized spacial score (nSPS) is 17.8. The summed E-state index contributed by atoms with van der Waals surface area (Å²) in [6.07, 6.45) is 1.54. The second kappa shape index (κ2) is 9.21. The Hall–Kier alpha value is -2.69. The molecule has 2 unspecified atom stereocenters. The largest absolute Gasteiger partial charge is 0.349 e. The highest BCUT2D eigenvalue weighted by Crippen LogP contribution is 2.22. The summed E-state index contributed by atoms with van der Waals surface area (Å²) >= 11 is 0. The molecule has 0 aliphatic carbocycles. The van der Waals surface area contributed by atoms with Gasteiger partial charge in [-0.2, -0.15) is 0 Å². The van der Waals surface area contributed by atoms with Gasteiger partial charge in [0.05, 0.1) is 12.0 Å². The van der Waals surface area contributed by atoms with Gasteiger partial charge in [-0.1, -0.05) is 38.1 Å². The van der Waals surface area contributed by atoms with E-state index < -0.39 is 0 Å². The lowest BCUT2D eigenvalue weighted by molar-refractivity contribution is -0.127. The predicted molar refractivity (Wildman–Crippen MR) is 112 cm³/mol. The van der Waals surface area contributed by atoms with E-state index in [2.05, 4.69) is 43.4 Å². The van der Waals surface area contributed by atoms with Crippen LogP contribution in [0.15, 0.2) is 48.5 Å². The average Bonchev–Trinajstić information content (AvgIpc) is 2.74. The van der Waals surface area contributed by atoms with Gasteiger partial charge in [0.2, 0.25) is 5.91 Å². The van der Waals surface area contributed by atoms with Crippen molar-refractivity contribution in [3.8, 4) is 0 Å². The summed E-state index contributed by atoms with van der Waals surface area (Å²) in [5.41, 5.74) is 2.79. The highest BCUT2D eigenvalue weighted by atomic mass is 19.1. The summed E-state index contributed by atoms with van der Waals surface area (Å²) in [5.74, 6) is -0.305. The topological polar surface area (TPSA) is 49.4 Å². The number of benzene rings is 2. The Morgan fingerprint density at radius 2 is 1.62 bits per heavy atom. The molecule has 0 saturated carbocycles. The number of hydrogen-bond acceptors (Lipinski definition) is 2.